The predicted octanol–water partition coefficient (Wildman–Crippen LogP) is 7.27. The summed E-state index contributed by atoms with van der Waals surface area (Å²) in [6, 6.07) is 30.2. The first kappa shape index (κ1) is 30.0. The Bertz CT molecular complexity index is 1530. The van der Waals surface area contributed by atoms with E-state index in [1.807, 2.05) is 98.6 Å². The number of nitrogens with zero attached hydrogens (tertiary/aromatic N) is 3. The molecule has 0 spiro atoms. The number of carbonyl (C=O) groups excluding carboxylic acids is 2. The van der Waals surface area contributed by atoms with Gasteiger partial charge in [0.1, 0.15) is 5.60 Å². The molecule has 5 rings (SSSR count). The second-order valence-electron chi connectivity index (χ2n) is 12.0. The summed E-state index contributed by atoms with van der Waals surface area (Å²) in [7, 11) is 0. The molecule has 3 aromatic carbocycles. The number of aromatic nitrogens is 1. The molecule has 7 heteroatoms. The van der Waals surface area contributed by atoms with Gasteiger partial charge in [0.2, 0.25) is 0 Å². The fourth-order valence-electron chi connectivity index (χ4n) is 5.62. The van der Waals surface area contributed by atoms with Crippen molar-refractivity contribution in [1.82, 2.24) is 14.4 Å². The maximum absolute atomic E-state index is 14.6. The second kappa shape index (κ2) is 13.2. The van der Waals surface area contributed by atoms with Crippen LogP contribution in [0, 0.1) is 0 Å². The Morgan fingerprint density at radius 3 is 2.26 bits per heavy atom. The Labute approximate surface area is 255 Å². The molecule has 2 heterocycles. The molecule has 224 valence electrons. The van der Waals surface area contributed by atoms with Crippen molar-refractivity contribution in [3.63, 3.8) is 0 Å². The number of carbonyl (C=O) groups is 2. The number of hydrogen-bond acceptors (Lipinski definition) is 4. The number of piperazine rings is 1. The van der Waals surface area contributed by atoms with Gasteiger partial charge in [-0.15, -0.1) is 0 Å². The highest BCUT2D eigenvalue weighted by atomic mass is 16.6. The Hall–Kier alpha value is -4.52. The van der Waals surface area contributed by atoms with Gasteiger partial charge in [-0.2, -0.15) is 0 Å². The molecule has 2 amide bonds. The van der Waals surface area contributed by atoms with E-state index < -0.39 is 5.60 Å². The molecule has 43 heavy (non-hydrogen) atoms. The number of anilines is 1. The predicted molar refractivity (Wildman–Crippen MR) is 173 cm³/mol. The normalized spacial score (nSPS) is 15.3. The molecule has 1 aromatic heterocycles. The van der Waals surface area contributed by atoms with Crippen LogP contribution in [0.15, 0.2) is 97.2 Å². The van der Waals surface area contributed by atoms with Crippen LogP contribution in [0.3, 0.4) is 0 Å². The van der Waals surface area contributed by atoms with Crippen molar-refractivity contribution < 1.29 is 14.3 Å². The molecule has 7 nitrogen and oxygen atoms in total. The van der Waals surface area contributed by atoms with E-state index in [2.05, 4.69) is 41.1 Å². The van der Waals surface area contributed by atoms with Crippen LogP contribution in [0.2, 0.25) is 0 Å². The Morgan fingerprint density at radius 1 is 0.884 bits per heavy atom. The Morgan fingerprint density at radius 2 is 1.56 bits per heavy atom. The lowest BCUT2D eigenvalue weighted by atomic mass is 10.00. The molecular formula is C36H42N4O3. The van der Waals surface area contributed by atoms with E-state index in [0.717, 1.165) is 41.2 Å². The van der Waals surface area contributed by atoms with Crippen molar-refractivity contribution in [1.29, 1.82) is 0 Å². The van der Waals surface area contributed by atoms with E-state index in [0.29, 0.717) is 31.6 Å². The molecule has 0 aliphatic carbocycles. The summed E-state index contributed by atoms with van der Waals surface area (Å²) in [5, 5.41) is 3.54. The van der Waals surface area contributed by atoms with Crippen molar-refractivity contribution in [3.05, 3.63) is 108 Å². The average Bonchev–Trinajstić information content (AvgIpc) is 3.45. The first-order valence-electron chi connectivity index (χ1n) is 15.2. The van der Waals surface area contributed by atoms with Crippen LogP contribution in [0.5, 0.6) is 0 Å². The Kier molecular flexibility index (Phi) is 9.19. The third-order valence-corrected chi connectivity index (χ3v) is 7.60. The number of hydrogen-bond donors (Lipinski definition) is 1. The van der Waals surface area contributed by atoms with Gasteiger partial charge in [0.25, 0.3) is 5.91 Å². The van der Waals surface area contributed by atoms with Crippen molar-refractivity contribution in [2.45, 2.75) is 52.2 Å². The molecule has 1 saturated heterocycles. The summed E-state index contributed by atoms with van der Waals surface area (Å²) >= 11 is 0. The van der Waals surface area contributed by atoms with Gasteiger partial charge < -0.3 is 24.4 Å². The quantitative estimate of drug-likeness (QED) is 0.239. The van der Waals surface area contributed by atoms with E-state index in [-0.39, 0.29) is 18.0 Å². The topological polar surface area (TPSA) is 66.8 Å². The van der Waals surface area contributed by atoms with Crippen LogP contribution in [0.25, 0.3) is 16.9 Å². The van der Waals surface area contributed by atoms with Gasteiger partial charge in [-0.05, 0) is 62.9 Å². The van der Waals surface area contributed by atoms with Gasteiger partial charge in [-0.3, -0.25) is 4.79 Å². The molecule has 4 aromatic rings. The third kappa shape index (κ3) is 7.11. The number of ether oxygens (including phenoxy) is 1. The van der Waals surface area contributed by atoms with Crippen molar-refractivity contribution >= 4 is 17.7 Å². The maximum Gasteiger partial charge on any atom is 0.410 e. The molecule has 1 aliphatic heterocycles. The largest absolute Gasteiger partial charge is 0.444 e. The molecular weight excluding hydrogens is 536 g/mol. The van der Waals surface area contributed by atoms with E-state index in [1.165, 1.54) is 0 Å². The highest BCUT2D eigenvalue weighted by Crippen LogP contribution is 2.33. The number of para-hydroxylation sites is 2. The lowest BCUT2D eigenvalue weighted by Gasteiger charge is -2.42. The summed E-state index contributed by atoms with van der Waals surface area (Å²) in [4.78, 5) is 31.3. The number of amides is 2. The number of rotatable bonds is 8. The summed E-state index contributed by atoms with van der Waals surface area (Å²) in [5.41, 5.74) is 4.99. The molecule has 1 fully saturated rings. The molecule has 0 saturated carbocycles. The van der Waals surface area contributed by atoms with Crippen LogP contribution in [0.1, 0.15) is 50.0 Å². The van der Waals surface area contributed by atoms with Gasteiger partial charge in [0.05, 0.1) is 28.7 Å². The van der Waals surface area contributed by atoms with Gasteiger partial charge in [0.15, 0.2) is 0 Å². The average molecular weight is 579 g/mol. The Balaban J connectivity index is 1.53. The molecule has 1 unspecified atom stereocenters. The van der Waals surface area contributed by atoms with Crippen LogP contribution < -0.4 is 5.32 Å². The number of benzene rings is 3. The zero-order chi connectivity index (χ0) is 30.4. The minimum absolute atomic E-state index is 0.0404. The molecule has 1 atom stereocenters. The lowest BCUT2D eigenvalue weighted by Crippen LogP contribution is -2.57. The second-order valence-corrected chi connectivity index (χ2v) is 12.0. The third-order valence-electron chi connectivity index (χ3n) is 7.60. The van der Waals surface area contributed by atoms with Crippen LogP contribution in [-0.4, -0.2) is 64.2 Å². The monoisotopic (exact) mass is 578 g/mol. The van der Waals surface area contributed by atoms with Crippen molar-refractivity contribution in [2.24, 2.45) is 0 Å². The zero-order valence-corrected chi connectivity index (χ0v) is 25.6. The zero-order valence-electron chi connectivity index (χ0n) is 25.6. The van der Waals surface area contributed by atoms with E-state index in [4.69, 9.17) is 4.74 Å². The summed E-state index contributed by atoms with van der Waals surface area (Å²) in [6.45, 7) is 9.86. The standard InChI is InChI=1S/C36H42N4O3/c1-5-21-37-31-18-12-13-19-32(31)40-22-20-30(33(40)28-16-10-7-11-17-28)34(41)39-24-23-38(35(42)43-36(2,3)4)26-29(39)25-27-14-8-6-9-15-27/h6-20,22,29,37H,5,21,23-26H2,1-4H3. The smallest absolute Gasteiger partial charge is 0.410 e. The first-order chi connectivity index (χ1) is 20.7. The SMILES string of the molecule is CCCNc1ccccc1-n1ccc(C(=O)N2CCN(C(=O)OC(C)(C)C)CC2Cc2ccccc2)c1-c1ccccc1. The van der Waals surface area contributed by atoms with Crippen LogP contribution in [-0.2, 0) is 11.2 Å². The van der Waals surface area contributed by atoms with Crippen molar-refractivity contribution in [2.75, 3.05) is 31.5 Å². The molecule has 0 bridgehead atoms. The highest BCUT2D eigenvalue weighted by Gasteiger charge is 2.36. The fourth-order valence-corrected chi connectivity index (χ4v) is 5.62. The summed E-state index contributed by atoms with van der Waals surface area (Å²) in [6.07, 6.45) is 3.29. The summed E-state index contributed by atoms with van der Waals surface area (Å²) in [5.74, 6) is -0.0404. The molecule has 1 N–H and O–H groups in total. The van der Waals surface area contributed by atoms with Gasteiger partial charge in [0, 0.05) is 32.4 Å². The van der Waals surface area contributed by atoms with E-state index in [1.54, 1.807) is 4.90 Å². The molecule has 0 radical (unpaired) electrons. The minimum atomic E-state index is -0.589. The van der Waals surface area contributed by atoms with Gasteiger partial charge in [-0.25, -0.2) is 4.79 Å². The van der Waals surface area contributed by atoms with E-state index in [9.17, 15) is 9.59 Å². The van der Waals surface area contributed by atoms with Gasteiger partial charge in [-0.1, -0.05) is 79.7 Å². The molecule has 1 aliphatic rings. The van der Waals surface area contributed by atoms with Crippen molar-refractivity contribution in [3.8, 4) is 16.9 Å². The van der Waals surface area contributed by atoms with E-state index >= 15 is 0 Å². The maximum atomic E-state index is 14.6. The minimum Gasteiger partial charge on any atom is -0.444 e. The lowest BCUT2D eigenvalue weighted by molar-refractivity contribution is 0.00440. The highest BCUT2D eigenvalue weighted by molar-refractivity contribution is 6.01. The fraction of sp³-hybridized carbons (Fsp3) is 0.333. The summed E-state index contributed by atoms with van der Waals surface area (Å²) < 4.78 is 7.81. The first-order valence-corrected chi connectivity index (χ1v) is 15.2. The van der Waals surface area contributed by atoms with Crippen LogP contribution in [0.4, 0.5) is 10.5 Å². The van der Waals surface area contributed by atoms with Crippen LogP contribution >= 0.6 is 0 Å². The number of nitrogens with one attached hydrogen (secondary N) is 1. The van der Waals surface area contributed by atoms with Gasteiger partial charge >= 0.3 is 6.09 Å².